The number of nitrogens with zero attached hydrogens (tertiary/aromatic N) is 1. The van der Waals surface area contributed by atoms with Crippen molar-refractivity contribution in [3.63, 3.8) is 0 Å². The molecule has 14 heavy (non-hydrogen) atoms. The van der Waals surface area contributed by atoms with Crippen molar-refractivity contribution in [1.82, 2.24) is 0 Å². The highest BCUT2D eigenvalue weighted by atomic mass is 14.3. The summed E-state index contributed by atoms with van der Waals surface area (Å²) < 4.78 is 0. The Morgan fingerprint density at radius 3 is 2.64 bits per heavy atom. The molecule has 1 heteroatoms. The Morgan fingerprint density at radius 1 is 1.36 bits per heavy atom. The lowest BCUT2D eigenvalue weighted by Gasteiger charge is -2.34. The van der Waals surface area contributed by atoms with Crippen molar-refractivity contribution in [2.45, 2.75) is 40.0 Å². The Morgan fingerprint density at radius 2 is 2.07 bits per heavy atom. The molecule has 0 aromatic heterocycles. The molecule has 0 bridgehead atoms. The van der Waals surface area contributed by atoms with Gasteiger partial charge >= 0.3 is 0 Å². The Labute approximate surface area is 87.8 Å². The summed E-state index contributed by atoms with van der Waals surface area (Å²) in [6, 6.07) is 2.10. The van der Waals surface area contributed by atoms with E-state index in [2.05, 4.69) is 32.9 Å². The van der Waals surface area contributed by atoms with Crippen LogP contribution in [0.5, 0.6) is 0 Å². The van der Waals surface area contributed by atoms with Gasteiger partial charge in [-0.3, -0.25) is 0 Å². The molecule has 1 aliphatic rings. The quantitative estimate of drug-likeness (QED) is 0.609. The Kier molecular flexibility index (Phi) is 4.20. The van der Waals surface area contributed by atoms with E-state index in [1.54, 1.807) is 6.08 Å². The molecule has 0 aliphatic heterocycles. The lowest BCUT2D eigenvalue weighted by Crippen LogP contribution is -2.24. The van der Waals surface area contributed by atoms with Crippen LogP contribution in [0.15, 0.2) is 12.2 Å². The summed E-state index contributed by atoms with van der Waals surface area (Å²) in [6.07, 6.45) is 7.74. The van der Waals surface area contributed by atoms with Gasteiger partial charge < -0.3 is 0 Å². The highest BCUT2D eigenvalue weighted by Gasteiger charge is 2.27. The predicted molar refractivity (Wildman–Crippen MR) is 59.6 cm³/mol. The molecule has 78 valence electrons. The third kappa shape index (κ3) is 2.87. The SMILES string of the molecule is CC(C)[C@@H]1CC[C@H](C)[C@H](C=CC#N)C1. The van der Waals surface area contributed by atoms with Crippen LogP contribution < -0.4 is 0 Å². The first-order valence-electron chi connectivity index (χ1n) is 5.71. The smallest absolute Gasteiger partial charge is 0.0908 e. The van der Waals surface area contributed by atoms with E-state index < -0.39 is 0 Å². The van der Waals surface area contributed by atoms with Crippen LogP contribution in [-0.2, 0) is 0 Å². The molecule has 0 N–H and O–H groups in total. The number of hydrogen-bond acceptors (Lipinski definition) is 1. The van der Waals surface area contributed by atoms with Gasteiger partial charge in [0.05, 0.1) is 6.07 Å². The fourth-order valence-corrected chi connectivity index (χ4v) is 2.43. The van der Waals surface area contributed by atoms with E-state index in [0.717, 1.165) is 17.8 Å². The second-order valence-corrected chi connectivity index (χ2v) is 4.95. The molecule has 0 heterocycles. The van der Waals surface area contributed by atoms with E-state index in [-0.39, 0.29) is 0 Å². The molecule has 0 aromatic carbocycles. The van der Waals surface area contributed by atoms with Crippen molar-refractivity contribution in [1.29, 1.82) is 5.26 Å². The first-order chi connectivity index (χ1) is 6.65. The first kappa shape index (κ1) is 11.3. The Bertz CT molecular complexity index is 234. The molecule has 0 amide bonds. The van der Waals surface area contributed by atoms with E-state index in [9.17, 15) is 0 Å². The molecule has 1 aliphatic carbocycles. The maximum atomic E-state index is 8.52. The molecule has 0 spiro atoms. The highest BCUT2D eigenvalue weighted by Crippen LogP contribution is 2.37. The van der Waals surface area contributed by atoms with E-state index in [1.165, 1.54) is 19.3 Å². The van der Waals surface area contributed by atoms with Gasteiger partial charge in [0.15, 0.2) is 0 Å². The van der Waals surface area contributed by atoms with Crippen molar-refractivity contribution in [3.8, 4) is 6.07 Å². The van der Waals surface area contributed by atoms with Crippen LogP contribution in [0, 0.1) is 35.0 Å². The van der Waals surface area contributed by atoms with E-state index in [4.69, 9.17) is 5.26 Å². The van der Waals surface area contributed by atoms with Gasteiger partial charge in [-0.05, 0) is 42.9 Å². The largest absolute Gasteiger partial charge is 0.193 e. The fourth-order valence-electron chi connectivity index (χ4n) is 2.43. The third-order valence-electron chi connectivity index (χ3n) is 3.66. The molecule has 0 saturated heterocycles. The third-order valence-corrected chi connectivity index (χ3v) is 3.66. The van der Waals surface area contributed by atoms with Crippen LogP contribution >= 0.6 is 0 Å². The second kappa shape index (κ2) is 5.20. The fraction of sp³-hybridized carbons (Fsp3) is 0.769. The van der Waals surface area contributed by atoms with E-state index in [0.29, 0.717) is 5.92 Å². The van der Waals surface area contributed by atoms with Crippen molar-refractivity contribution in [3.05, 3.63) is 12.2 Å². The summed E-state index contributed by atoms with van der Waals surface area (Å²) in [7, 11) is 0. The van der Waals surface area contributed by atoms with E-state index in [1.807, 2.05) is 0 Å². The van der Waals surface area contributed by atoms with Gasteiger partial charge in [-0.25, -0.2) is 0 Å². The summed E-state index contributed by atoms with van der Waals surface area (Å²) in [5, 5.41) is 8.52. The zero-order valence-electron chi connectivity index (χ0n) is 9.53. The normalized spacial score (nSPS) is 33.5. The van der Waals surface area contributed by atoms with Crippen molar-refractivity contribution >= 4 is 0 Å². The van der Waals surface area contributed by atoms with Crippen molar-refractivity contribution in [2.75, 3.05) is 0 Å². The monoisotopic (exact) mass is 191 g/mol. The molecule has 0 aromatic rings. The maximum Gasteiger partial charge on any atom is 0.0908 e. The number of rotatable bonds is 2. The minimum atomic E-state index is 0.635. The van der Waals surface area contributed by atoms with Gasteiger partial charge in [0.25, 0.3) is 0 Å². The second-order valence-electron chi connectivity index (χ2n) is 4.95. The van der Waals surface area contributed by atoms with Gasteiger partial charge in [0.2, 0.25) is 0 Å². The van der Waals surface area contributed by atoms with Gasteiger partial charge in [-0.1, -0.05) is 26.8 Å². The van der Waals surface area contributed by atoms with Crippen LogP contribution in [0.2, 0.25) is 0 Å². The predicted octanol–water partition coefficient (Wildman–Crippen LogP) is 3.77. The summed E-state index contributed by atoms with van der Waals surface area (Å²) in [5.74, 6) is 3.05. The van der Waals surface area contributed by atoms with Gasteiger partial charge in [0, 0.05) is 6.08 Å². The van der Waals surface area contributed by atoms with Crippen LogP contribution in [0.4, 0.5) is 0 Å². The molecule has 3 atom stereocenters. The Balaban J connectivity index is 2.56. The molecule has 0 radical (unpaired) electrons. The molecule has 1 nitrogen and oxygen atoms in total. The number of nitriles is 1. The summed E-state index contributed by atoms with van der Waals surface area (Å²) in [6.45, 7) is 6.93. The molecular weight excluding hydrogens is 170 g/mol. The maximum absolute atomic E-state index is 8.52. The summed E-state index contributed by atoms with van der Waals surface area (Å²) in [5.41, 5.74) is 0. The van der Waals surface area contributed by atoms with Crippen LogP contribution in [-0.4, -0.2) is 0 Å². The number of hydrogen-bond donors (Lipinski definition) is 0. The lowest BCUT2D eigenvalue weighted by atomic mass is 9.71. The minimum absolute atomic E-state index is 0.635. The first-order valence-corrected chi connectivity index (χ1v) is 5.71. The minimum Gasteiger partial charge on any atom is -0.193 e. The molecule has 1 rings (SSSR count). The standard InChI is InChI=1S/C13H21N/c1-10(2)12-7-6-11(3)13(9-12)5-4-8-14/h4-5,10-13H,6-7,9H2,1-3H3/t11-,12+,13+/m0/s1. The highest BCUT2D eigenvalue weighted by molar-refractivity contribution is 5.05. The van der Waals surface area contributed by atoms with Gasteiger partial charge in [0.1, 0.15) is 0 Å². The van der Waals surface area contributed by atoms with Crippen LogP contribution in [0.25, 0.3) is 0 Å². The molecule has 0 unspecified atom stereocenters. The number of allylic oxidation sites excluding steroid dienone is 2. The molecule has 1 fully saturated rings. The molecular formula is C13H21N. The van der Waals surface area contributed by atoms with Crippen LogP contribution in [0.1, 0.15) is 40.0 Å². The summed E-state index contributed by atoms with van der Waals surface area (Å²) >= 11 is 0. The Hall–Kier alpha value is -0.770. The molecule has 1 saturated carbocycles. The van der Waals surface area contributed by atoms with Crippen LogP contribution in [0.3, 0.4) is 0 Å². The van der Waals surface area contributed by atoms with Gasteiger partial charge in [-0.15, -0.1) is 0 Å². The van der Waals surface area contributed by atoms with Crippen molar-refractivity contribution in [2.24, 2.45) is 23.7 Å². The topological polar surface area (TPSA) is 23.8 Å². The van der Waals surface area contributed by atoms with E-state index >= 15 is 0 Å². The average Bonchev–Trinajstić information content (AvgIpc) is 2.16. The summed E-state index contributed by atoms with van der Waals surface area (Å²) in [4.78, 5) is 0. The van der Waals surface area contributed by atoms with Crippen molar-refractivity contribution < 1.29 is 0 Å². The zero-order chi connectivity index (χ0) is 10.6. The average molecular weight is 191 g/mol. The van der Waals surface area contributed by atoms with Gasteiger partial charge in [-0.2, -0.15) is 5.26 Å². The zero-order valence-corrected chi connectivity index (χ0v) is 9.53. The lowest BCUT2D eigenvalue weighted by molar-refractivity contribution is 0.189.